The van der Waals surface area contributed by atoms with E-state index in [1.165, 1.54) is 18.2 Å². The normalized spacial score (nSPS) is 22.9. The molecule has 3 heterocycles. The molecule has 0 fully saturated rings. The van der Waals surface area contributed by atoms with E-state index in [-0.39, 0.29) is 17.6 Å². The quantitative estimate of drug-likeness (QED) is 0.467. The molecule has 0 aliphatic carbocycles. The van der Waals surface area contributed by atoms with Crippen LogP contribution >= 0.6 is 0 Å². The van der Waals surface area contributed by atoms with Crippen molar-refractivity contribution in [3.8, 4) is 16.9 Å². The van der Waals surface area contributed by atoms with Crippen molar-refractivity contribution in [3.63, 3.8) is 0 Å². The molecular formula is C26H28N2O3. The molecule has 2 aliphatic rings. The van der Waals surface area contributed by atoms with E-state index < -0.39 is 0 Å². The van der Waals surface area contributed by atoms with Crippen molar-refractivity contribution in [3.05, 3.63) is 65.4 Å². The zero-order chi connectivity index (χ0) is 21.5. The zero-order valence-corrected chi connectivity index (χ0v) is 18.0. The lowest BCUT2D eigenvalue weighted by Gasteiger charge is -2.36. The first-order valence-corrected chi connectivity index (χ1v) is 11.0. The molecule has 2 aliphatic heterocycles. The van der Waals surface area contributed by atoms with Crippen molar-refractivity contribution in [1.29, 1.82) is 0 Å². The van der Waals surface area contributed by atoms with Crippen LogP contribution in [0.3, 0.4) is 0 Å². The van der Waals surface area contributed by atoms with Crippen LogP contribution in [-0.4, -0.2) is 41.2 Å². The number of nitrogens with zero attached hydrogens (tertiary/aromatic N) is 1. The van der Waals surface area contributed by atoms with Crippen molar-refractivity contribution in [2.45, 2.75) is 32.2 Å². The van der Waals surface area contributed by atoms with Gasteiger partial charge < -0.3 is 14.8 Å². The van der Waals surface area contributed by atoms with Gasteiger partial charge in [0.15, 0.2) is 0 Å². The molecule has 5 nitrogen and oxygen atoms in total. The predicted molar refractivity (Wildman–Crippen MR) is 122 cm³/mol. The number of rotatable bonds is 3. The van der Waals surface area contributed by atoms with Gasteiger partial charge in [0.2, 0.25) is 0 Å². The Morgan fingerprint density at radius 2 is 2.03 bits per heavy atom. The van der Waals surface area contributed by atoms with Crippen LogP contribution in [0, 0.1) is 5.92 Å². The second-order valence-corrected chi connectivity index (χ2v) is 8.75. The maximum Gasteiger partial charge on any atom is 0.314 e. The summed E-state index contributed by atoms with van der Waals surface area (Å²) in [6.45, 7) is 4.96. The van der Waals surface area contributed by atoms with Crippen molar-refractivity contribution >= 4 is 16.9 Å². The molecule has 5 heteroatoms. The number of benzene rings is 2. The first-order valence-electron chi connectivity index (χ1n) is 11.0. The SMILES string of the molecule is CCC1=C[C@@H]2CC(C(=O)OC)c3[nH]c4ccc(-c5cccc(O)c5)cc4c3CN(C1)C2. The van der Waals surface area contributed by atoms with E-state index in [2.05, 4.69) is 41.1 Å². The highest BCUT2D eigenvalue weighted by Crippen LogP contribution is 2.39. The number of hydrogen-bond donors (Lipinski definition) is 2. The monoisotopic (exact) mass is 416 g/mol. The Labute approximate surface area is 182 Å². The number of H-pyrrole nitrogens is 1. The fourth-order valence-electron chi connectivity index (χ4n) is 5.22. The summed E-state index contributed by atoms with van der Waals surface area (Å²) in [4.78, 5) is 18.9. The first kappa shape index (κ1) is 19.9. The Balaban J connectivity index is 1.65. The molecule has 2 unspecified atom stereocenters. The van der Waals surface area contributed by atoms with E-state index in [4.69, 9.17) is 4.74 Å². The highest BCUT2D eigenvalue weighted by Gasteiger charge is 2.34. The number of esters is 1. The number of carbonyl (C=O) groups excluding carboxylic acids is 1. The highest BCUT2D eigenvalue weighted by atomic mass is 16.5. The number of aromatic hydroxyl groups is 1. The van der Waals surface area contributed by atoms with E-state index in [0.29, 0.717) is 5.92 Å². The summed E-state index contributed by atoms with van der Waals surface area (Å²) in [6.07, 6.45) is 4.17. The maximum absolute atomic E-state index is 12.8. The number of nitrogens with one attached hydrogen (secondary N) is 1. The van der Waals surface area contributed by atoms with Gasteiger partial charge in [-0.3, -0.25) is 9.69 Å². The largest absolute Gasteiger partial charge is 0.508 e. The molecule has 0 saturated carbocycles. The van der Waals surface area contributed by atoms with E-state index in [0.717, 1.165) is 60.2 Å². The van der Waals surface area contributed by atoms with Crippen molar-refractivity contribution < 1.29 is 14.6 Å². The molecule has 2 aromatic carbocycles. The number of hydrogen-bond acceptors (Lipinski definition) is 4. The van der Waals surface area contributed by atoms with Gasteiger partial charge in [-0.15, -0.1) is 0 Å². The number of methoxy groups -OCH3 is 1. The van der Waals surface area contributed by atoms with Gasteiger partial charge in [0.1, 0.15) is 5.75 Å². The fourth-order valence-corrected chi connectivity index (χ4v) is 5.22. The van der Waals surface area contributed by atoms with E-state index >= 15 is 0 Å². The average molecular weight is 417 g/mol. The van der Waals surface area contributed by atoms with Gasteiger partial charge in [-0.1, -0.05) is 36.8 Å². The second kappa shape index (κ2) is 7.89. The Morgan fingerprint density at radius 3 is 2.81 bits per heavy atom. The number of carbonyl (C=O) groups is 1. The molecule has 3 atom stereocenters. The van der Waals surface area contributed by atoms with E-state index in [9.17, 15) is 9.90 Å². The Hall–Kier alpha value is -3.05. The molecule has 0 spiro atoms. The van der Waals surface area contributed by atoms with Crippen LogP contribution in [-0.2, 0) is 16.1 Å². The van der Waals surface area contributed by atoms with Gasteiger partial charge in [0, 0.05) is 36.2 Å². The number of fused-ring (bicyclic) bond motifs is 5. The van der Waals surface area contributed by atoms with Gasteiger partial charge >= 0.3 is 5.97 Å². The van der Waals surface area contributed by atoms with Gasteiger partial charge in [0.05, 0.1) is 13.0 Å². The number of aromatic amines is 1. The third-order valence-corrected chi connectivity index (χ3v) is 6.72. The molecule has 0 amide bonds. The average Bonchev–Trinajstić information content (AvgIpc) is 3.12. The molecule has 1 aromatic heterocycles. The molecule has 0 radical (unpaired) electrons. The van der Waals surface area contributed by atoms with Crippen molar-refractivity contribution in [1.82, 2.24) is 9.88 Å². The van der Waals surface area contributed by atoms with Crippen LogP contribution in [0.15, 0.2) is 54.1 Å². The molecule has 3 aromatic rings. The summed E-state index contributed by atoms with van der Waals surface area (Å²) >= 11 is 0. The standard InChI is InChI=1S/C26H28N2O3/c1-3-16-9-17-10-22(26(30)31-2)25-23(15-28(13-16)14-17)21-12-19(7-8-24(21)27-25)18-5-4-6-20(29)11-18/h4-9,11-12,17,22,27,29H,3,10,13-15H2,1-2H3/t17-,22?/m1/s1. The van der Waals surface area contributed by atoms with Crippen molar-refractivity contribution in [2.24, 2.45) is 5.92 Å². The molecule has 5 rings (SSSR count). The maximum atomic E-state index is 12.8. The number of ether oxygens (including phenoxy) is 1. The summed E-state index contributed by atoms with van der Waals surface area (Å²) < 4.78 is 5.21. The summed E-state index contributed by atoms with van der Waals surface area (Å²) in [5.41, 5.74) is 6.67. The van der Waals surface area contributed by atoms with Crippen molar-refractivity contribution in [2.75, 3.05) is 20.2 Å². The summed E-state index contributed by atoms with van der Waals surface area (Å²) in [5, 5.41) is 11.0. The molecule has 2 bridgehead atoms. The molecule has 31 heavy (non-hydrogen) atoms. The number of aromatic nitrogens is 1. The third-order valence-electron chi connectivity index (χ3n) is 6.72. The van der Waals surface area contributed by atoms with E-state index in [1.807, 2.05) is 12.1 Å². The molecule has 0 saturated heterocycles. The number of phenolic OH excluding ortho intramolecular Hbond substituents is 1. The minimum atomic E-state index is -0.295. The minimum Gasteiger partial charge on any atom is -0.508 e. The highest BCUT2D eigenvalue weighted by molar-refractivity contribution is 5.91. The van der Waals surface area contributed by atoms with E-state index in [1.54, 1.807) is 12.1 Å². The van der Waals surface area contributed by atoms with Gasteiger partial charge in [0.25, 0.3) is 0 Å². The van der Waals surface area contributed by atoms with Crippen LogP contribution in [0.5, 0.6) is 5.75 Å². The molecular weight excluding hydrogens is 388 g/mol. The number of phenols is 1. The predicted octanol–water partition coefficient (Wildman–Crippen LogP) is 4.97. The van der Waals surface area contributed by atoms with Crippen LogP contribution < -0.4 is 0 Å². The smallest absolute Gasteiger partial charge is 0.314 e. The minimum absolute atomic E-state index is 0.175. The van der Waals surface area contributed by atoms with Gasteiger partial charge in [-0.05, 0) is 59.7 Å². The third kappa shape index (κ3) is 3.63. The first-order chi connectivity index (χ1) is 15.1. The summed E-state index contributed by atoms with van der Waals surface area (Å²) in [5.74, 6) is 0.143. The molecule has 2 N–H and O–H groups in total. The van der Waals surface area contributed by atoms with Gasteiger partial charge in [-0.25, -0.2) is 0 Å². The molecule has 160 valence electrons. The van der Waals surface area contributed by atoms with Crippen LogP contribution in [0.2, 0.25) is 0 Å². The lowest BCUT2D eigenvalue weighted by Crippen LogP contribution is -2.38. The second-order valence-electron chi connectivity index (χ2n) is 8.75. The summed E-state index contributed by atoms with van der Waals surface area (Å²) in [7, 11) is 1.48. The Kier molecular flexibility index (Phi) is 5.06. The van der Waals surface area contributed by atoms with Crippen LogP contribution in [0.1, 0.15) is 36.9 Å². The lowest BCUT2D eigenvalue weighted by atomic mass is 9.84. The fraction of sp³-hybridized carbons (Fsp3) is 0.346. The summed E-state index contributed by atoms with van der Waals surface area (Å²) in [6, 6.07) is 13.6. The Morgan fingerprint density at radius 1 is 1.19 bits per heavy atom. The topological polar surface area (TPSA) is 65.6 Å². The zero-order valence-electron chi connectivity index (χ0n) is 18.0. The lowest BCUT2D eigenvalue weighted by molar-refractivity contribution is -0.143. The van der Waals surface area contributed by atoms with Crippen LogP contribution in [0.25, 0.3) is 22.0 Å². The van der Waals surface area contributed by atoms with Gasteiger partial charge in [-0.2, -0.15) is 0 Å². The Bertz CT molecular complexity index is 1180. The van der Waals surface area contributed by atoms with Crippen LogP contribution in [0.4, 0.5) is 0 Å².